The first-order valence-corrected chi connectivity index (χ1v) is 6.75. The molecule has 0 spiro atoms. The molecule has 0 aliphatic heterocycles. The van der Waals surface area contributed by atoms with Crippen LogP contribution < -0.4 is 0 Å². The van der Waals surface area contributed by atoms with Crippen molar-refractivity contribution in [1.29, 1.82) is 0 Å². The molecule has 0 rings (SSSR count). The lowest BCUT2D eigenvalue weighted by Crippen LogP contribution is -1.66. The second-order valence-corrected chi connectivity index (χ2v) is 3.48. The van der Waals surface area contributed by atoms with Crippen LogP contribution in [0.25, 0.3) is 0 Å². The summed E-state index contributed by atoms with van der Waals surface area (Å²) in [5, 5.41) is 2.85. The fourth-order valence-corrected chi connectivity index (χ4v) is 2.41. The molecule has 0 fully saturated rings. The van der Waals surface area contributed by atoms with E-state index in [0.717, 1.165) is 0 Å². The Bertz CT molecular complexity index is 73.6. The van der Waals surface area contributed by atoms with Crippen LogP contribution in [0.3, 0.4) is 0 Å². The van der Waals surface area contributed by atoms with Crippen molar-refractivity contribution in [3.8, 4) is 0 Å². The molecule has 0 unspecified atom stereocenters. The van der Waals surface area contributed by atoms with Gasteiger partial charge in [0, 0.05) is 0 Å². The molecule has 0 aliphatic rings. The fourth-order valence-electron chi connectivity index (χ4n) is 0.0891. The number of rotatable bonds is 1. The van der Waals surface area contributed by atoms with E-state index in [1.54, 1.807) is 0 Å². The number of hydrogen-bond acceptors (Lipinski definition) is 0. The Morgan fingerprint density at radius 3 is 2.67 bits per heavy atom. The molecule has 0 amide bonds. The van der Waals surface area contributed by atoms with Crippen molar-refractivity contribution in [2.75, 3.05) is 0 Å². The quantitative estimate of drug-likeness (QED) is 0.364. The van der Waals surface area contributed by atoms with Crippen LogP contribution in [0.5, 0.6) is 0 Å². The first kappa shape index (κ1) is 6.66. The standard InChI is InChI=1S/C2H4Cl2Si2/c3-5-1-2-6-4/h1,6H,5H2. The minimum atomic E-state index is -0.425. The van der Waals surface area contributed by atoms with Gasteiger partial charge in [0.05, 0.1) is 0 Å². The molecule has 0 radical (unpaired) electrons. The summed E-state index contributed by atoms with van der Waals surface area (Å²) >= 11 is 10.6. The van der Waals surface area contributed by atoms with Gasteiger partial charge in [-0.2, -0.15) is 11.1 Å². The zero-order chi connectivity index (χ0) is 4.83. The van der Waals surface area contributed by atoms with E-state index in [0.29, 0.717) is 0 Å². The predicted molar refractivity (Wildman–Crippen MR) is 37.0 cm³/mol. The lowest BCUT2D eigenvalue weighted by Gasteiger charge is -1.57. The highest BCUT2D eigenvalue weighted by Crippen LogP contribution is 1.62. The molecule has 0 aromatic carbocycles. The van der Waals surface area contributed by atoms with Gasteiger partial charge in [-0.25, -0.2) is 0 Å². The Morgan fingerprint density at radius 2 is 2.50 bits per heavy atom. The highest BCUT2D eigenvalue weighted by Gasteiger charge is 1.58. The van der Waals surface area contributed by atoms with Crippen LogP contribution in [0.2, 0.25) is 0 Å². The lowest BCUT2D eigenvalue weighted by molar-refractivity contribution is 2.87. The number of hydrogen-bond donors (Lipinski definition) is 0. The maximum Gasteiger partial charge on any atom is 0.159 e. The van der Waals surface area contributed by atoms with E-state index in [9.17, 15) is 0 Å². The molecule has 0 atom stereocenters. The third kappa shape index (κ3) is 4.66. The SMILES string of the molecule is Cl[SiH]=C=C[SiH2]Cl. The zero-order valence-corrected chi connectivity index (χ0v) is 7.20. The van der Waals surface area contributed by atoms with Gasteiger partial charge < -0.3 is 0 Å². The van der Waals surface area contributed by atoms with Gasteiger partial charge in [-0.1, -0.05) is 0 Å². The van der Waals surface area contributed by atoms with Gasteiger partial charge in [0.1, 0.15) is 0 Å². The molecular weight excluding hydrogens is 151 g/mol. The molecule has 34 valence electrons. The molecule has 0 nitrogen and oxygen atoms in total. The van der Waals surface area contributed by atoms with Gasteiger partial charge in [0.15, 0.2) is 17.3 Å². The molecule has 6 heavy (non-hydrogen) atoms. The Hall–Kier alpha value is 0.664. The molecular formula is C2H4Cl2Si2. The van der Waals surface area contributed by atoms with Crippen molar-refractivity contribution in [2.24, 2.45) is 0 Å². The molecule has 0 saturated carbocycles. The maximum atomic E-state index is 5.36. The van der Waals surface area contributed by atoms with Crippen LogP contribution in [0.1, 0.15) is 0 Å². The van der Waals surface area contributed by atoms with E-state index in [2.05, 4.69) is 5.33 Å². The molecule has 0 aromatic rings. The fraction of sp³-hybridized carbons (Fsp3) is 0. The molecule has 0 heterocycles. The summed E-state index contributed by atoms with van der Waals surface area (Å²) in [6, 6.07) is 0. The molecule has 4 heteroatoms. The third-order valence-corrected chi connectivity index (χ3v) is 2.32. The van der Waals surface area contributed by atoms with E-state index in [-0.39, 0.29) is 8.44 Å². The molecule has 0 bridgehead atoms. The van der Waals surface area contributed by atoms with Gasteiger partial charge >= 0.3 is 0 Å². The minimum Gasteiger partial charge on any atom is -0.170 e. The highest BCUT2D eigenvalue weighted by atomic mass is 35.6. The summed E-state index contributed by atoms with van der Waals surface area (Å²) in [6.07, 6.45) is 0. The van der Waals surface area contributed by atoms with Crippen LogP contribution in [-0.2, 0) is 0 Å². The first-order chi connectivity index (χ1) is 2.91. The smallest absolute Gasteiger partial charge is 0.159 e. The molecule has 0 saturated heterocycles. The van der Waals surface area contributed by atoms with Gasteiger partial charge in [-0.05, 0) is 5.70 Å². The second kappa shape index (κ2) is 5.66. The van der Waals surface area contributed by atoms with Crippen molar-refractivity contribution < 1.29 is 0 Å². The Balaban J connectivity index is 3.18. The molecule has 0 aliphatic carbocycles. The van der Waals surface area contributed by atoms with Gasteiger partial charge in [-0.15, -0.1) is 16.4 Å². The normalized spacial score (nSPS) is 8.33. The van der Waals surface area contributed by atoms with Crippen LogP contribution in [0.4, 0.5) is 0 Å². The predicted octanol–water partition coefficient (Wildman–Crippen LogP) is -0.186. The van der Waals surface area contributed by atoms with Gasteiger partial charge in [0.25, 0.3) is 0 Å². The van der Waals surface area contributed by atoms with Crippen LogP contribution in [-0.4, -0.2) is 22.6 Å². The van der Waals surface area contributed by atoms with Crippen molar-refractivity contribution in [3.63, 3.8) is 0 Å². The summed E-state index contributed by atoms with van der Waals surface area (Å²) in [4.78, 5) is 0. The highest BCUT2D eigenvalue weighted by molar-refractivity contribution is 7.00. The summed E-state index contributed by atoms with van der Waals surface area (Å²) in [7, 11) is -0.524. The summed E-state index contributed by atoms with van der Waals surface area (Å²) in [6.45, 7) is 0. The molecule has 0 aromatic heterocycles. The van der Waals surface area contributed by atoms with E-state index in [1.165, 1.54) is 0 Å². The number of halogens is 2. The zero-order valence-electron chi connectivity index (χ0n) is 3.12. The largest absolute Gasteiger partial charge is 0.170 e. The average molecular weight is 155 g/mol. The van der Waals surface area contributed by atoms with Gasteiger partial charge in [0.2, 0.25) is 0 Å². The Labute approximate surface area is 50.8 Å². The average Bonchev–Trinajstić information content (AvgIpc) is 1.61. The Kier molecular flexibility index (Phi) is 6.29. The summed E-state index contributed by atoms with van der Waals surface area (Å²) < 4.78 is 0. The van der Waals surface area contributed by atoms with E-state index in [4.69, 9.17) is 22.2 Å². The van der Waals surface area contributed by atoms with Crippen LogP contribution >= 0.6 is 22.2 Å². The van der Waals surface area contributed by atoms with Crippen molar-refractivity contribution in [2.45, 2.75) is 0 Å². The van der Waals surface area contributed by atoms with Crippen molar-refractivity contribution >= 4 is 44.8 Å². The first-order valence-electron chi connectivity index (χ1n) is 1.47. The summed E-state index contributed by atoms with van der Waals surface area (Å²) in [5.41, 5.74) is 1.86. The topological polar surface area (TPSA) is 0 Å². The maximum absolute atomic E-state index is 5.36. The Morgan fingerprint density at radius 1 is 1.83 bits per heavy atom. The van der Waals surface area contributed by atoms with E-state index < -0.39 is 8.83 Å². The van der Waals surface area contributed by atoms with Gasteiger partial charge in [-0.3, -0.25) is 0 Å². The van der Waals surface area contributed by atoms with Crippen LogP contribution in [0.15, 0.2) is 5.70 Å². The van der Waals surface area contributed by atoms with Crippen molar-refractivity contribution in [1.82, 2.24) is 0 Å². The lowest BCUT2D eigenvalue weighted by atomic mass is 11.3. The monoisotopic (exact) mass is 154 g/mol. The summed E-state index contributed by atoms with van der Waals surface area (Å²) in [5.74, 6) is 0. The van der Waals surface area contributed by atoms with E-state index in [1.807, 2.05) is 5.70 Å². The second-order valence-electron chi connectivity index (χ2n) is 0.634. The minimum absolute atomic E-state index is 0.0993. The third-order valence-electron chi connectivity index (χ3n) is 0.258. The van der Waals surface area contributed by atoms with Crippen molar-refractivity contribution in [3.05, 3.63) is 5.70 Å². The molecule has 0 N–H and O–H groups in total. The van der Waals surface area contributed by atoms with Crippen LogP contribution in [0, 0.1) is 0 Å². The van der Waals surface area contributed by atoms with E-state index >= 15 is 0 Å².